The minimum atomic E-state index is -3.86. The first kappa shape index (κ1) is 22.4. The molecule has 0 saturated carbocycles. The third-order valence-corrected chi connectivity index (χ3v) is 6.46. The van der Waals surface area contributed by atoms with Gasteiger partial charge in [0.1, 0.15) is 17.3 Å². The van der Waals surface area contributed by atoms with Crippen LogP contribution in [0.2, 0.25) is 0 Å². The van der Waals surface area contributed by atoms with E-state index in [1.165, 1.54) is 6.07 Å². The number of anilines is 2. The number of rotatable bonds is 7. The topological polar surface area (TPSA) is 97.6 Å². The van der Waals surface area contributed by atoms with E-state index < -0.39 is 10.0 Å². The smallest absolute Gasteiger partial charge is 0.262 e. The monoisotopic (exact) mass is 442 g/mol. The number of hydrogen-bond donors (Lipinski definition) is 2. The van der Waals surface area contributed by atoms with Gasteiger partial charge in [-0.05, 0) is 76.6 Å². The van der Waals surface area contributed by atoms with Gasteiger partial charge >= 0.3 is 0 Å². The van der Waals surface area contributed by atoms with Gasteiger partial charge in [-0.3, -0.25) is 9.52 Å². The van der Waals surface area contributed by atoms with E-state index in [2.05, 4.69) is 10.0 Å². The average Bonchev–Trinajstić information content (AvgIpc) is 2.96. The highest BCUT2D eigenvalue weighted by Crippen LogP contribution is 2.26. The number of ether oxygens (including phenoxy) is 1. The summed E-state index contributed by atoms with van der Waals surface area (Å²) in [6.45, 7) is 9.43. The number of aryl methyl sites for hydroxylation is 3. The lowest BCUT2D eigenvalue weighted by atomic mass is 10.1. The van der Waals surface area contributed by atoms with Gasteiger partial charge in [0.25, 0.3) is 15.9 Å². The van der Waals surface area contributed by atoms with Crippen molar-refractivity contribution in [2.75, 3.05) is 16.6 Å². The highest BCUT2D eigenvalue weighted by Gasteiger charge is 2.21. The van der Waals surface area contributed by atoms with Gasteiger partial charge in [0, 0.05) is 16.9 Å². The normalized spacial score (nSPS) is 11.3. The number of benzene rings is 2. The first-order chi connectivity index (χ1) is 14.6. The van der Waals surface area contributed by atoms with E-state index in [1.807, 2.05) is 13.8 Å². The van der Waals surface area contributed by atoms with E-state index in [-0.39, 0.29) is 10.8 Å². The average molecular weight is 443 g/mol. The van der Waals surface area contributed by atoms with E-state index in [0.29, 0.717) is 46.4 Å². The summed E-state index contributed by atoms with van der Waals surface area (Å²) < 4.78 is 39.4. The van der Waals surface area contributed by atoms with Crippen molar-refractivity contribution < 1.29 is 22.4 Å². The molecular weight excluding hydrogens is 416 g/mol. The summed E-state index contributed by atoms with van der Waals surface area (Å²) in [4.78, 5) is 12.8. The molecule has 164 valence electrons. The molecular formula is C23H26N2O5S. The maximum Gasteiger partial charge on any atom is 0.262 e. The van der Waals surface area contributed by atoms with Crippen molar-refractivity contribution in [3.05, 3.63) is 70.7 Å². The Morgan fingerprint density at radius 1 is 0.968 bits per heavy atom. The van der Waals surface area contributed by atoms with Crippen LogP contribution in [0.5, 0.6) is 5.75 Å². The molecule has 0 fully saturated rings. The molecule has 3 aromatic rings. The van der Waals surface area contributed by atoms with Crippen molar-refractivity contribution in [3.8, 4) is 5.75 Å². The number of hydrogen-bond acceptors (Lipinski definition) is 5. The van der Waals surface area contributed by atoms with E-state index >= 15 is 0 Å². The van der Waals surface area contributed by atoms with Crippen molar-refractivity contribution in [3.63, 3.8) is 0 Å². The van der Waals surface area contributed by atoms with Crippen LogP contribution in [0, 0.1) is 27.7 Å². The van der Waals surface area contributed by atoms with Gasteiger partial charge in [0.05, 0.1) is 17.1 Å². The first-order valence-corrected chi connectivity index (χ1v) is 11.3. The van der Waals surface area contributed by atoms with Gasteiger partial charge in [0.2, 0.25) is 0 Å². The van der Waals surface area contributed by atoms with E-state index in [4.69, 9.17) is 9.15 Å². The predicted octanol–water partition coefficient (Wildman–Crippen LogP) is 4.97. The van der Waals surface area contributed by atoms with Crippen LogP contribution in [0.25, 0.3) is 0 Å². The molecule has 1 aromatic heterocycles. The molecule has 0 aliphatic rings. The molecule has 7 nitrogen and oxygen atoms in total. The van der Waals surface area contributed by atoms with Gasteiger partial charge in [-0.1, -0.05) is 6.07 Å². The summed E-state index contributed by atoms with van der Waals surface area (Å²) in [6, 6.07) is 11.4. The molecule has 0 unspecified atom stereocenters. The van der Waals surface area contributed by atoms with Crippen LogP contribution in [0.1, 0.15) is 39.9 Å². The first-order valence-electron chi connectivity index (χ1n) is 9.86. The summed E-state index contributed by atoms with van der Waals surface area (Å²) in [5, 5.41) is 2.77. The van der Waals surface area contributed by atoms with Gasteiger partial charge in [-0.15, -0.1) is 0 Å². The lowest BCUT2D eigenvalue weighted by molar-refractivity contribution is 0.102. The van der Waals surface area contributed by atoms with Crippen LogP contribution in [-0.2, 0) is 10.0 Å². The zero-order chi connectivity index (χ0) is 22.8. The second-order valence-corrected chi connectivity index (χ2v) is 8.86. The quantitative estimate of drug-likeness (QED) is 0.539. The van der Waals surface area contributed by atoms with E-state index in [9.17, 15) is 13.2 Å². The molecule has 0 atom stereocenters. The molecule has 1 heterocycles. The molecule has 2 aromatic carbocycles. The maximum absolute atomic E-state index is 13.0. The molecule has 0 aliphatic heterocycles. The minimum Gasteiger partial charge on any atom is -0.494 e. The number of sulfonamides is 1. The molecule has 0 aliphatic carbocycles. The zero-order valence-corrected chi connectivity index (χ0v) is 19.0. The molecule has 2 N–H and O–H groups in total. The fraction of sp³-hybridized carbons (Fsp3) is 0.261. The Bertz CT molecular complexity index is 1210. The van der Waals surface area contributed by atoms with E-state index in [1.54, 1.807) is 57.2 Å². The molecule has 0 spiro atoms. The number of nitrogens with one attached hydrogen (secondary N) is 2. The standard InChI is InChI=1S/C23H26N2O5S/c1-6-29-20-11-9-18(10-12-20)25-31(27,28)21-13-19(8-7-14(21)2)24-23(26)22-15(3)16(4)30-17(22)5/h7-13,25H,6H2,1-5H3,(H,24,26). The Labute approximate surface area is 182 Å². The Morgan fingerprint density at radius 2 is 1.61 bits per heavy atom. The lowest BCUT2D eigenvalue weighted by Gasteiger charge is -2.13. The Hall–Kier alpha value is -3.26. The van der Waals surface area contributed by atoms with Crippen molar-refractivity contribution in [2.24, 2.45) is 0 Å². The second kappa shape index (κ2) is 8.85. The van der Waals surface area contributed by atoms with Crippen molar-refractivity contribution in [1.82, 2.24) is 0 Å². The second-order valence-electron chi connectivity index (χ2n) is 7.21. The Morgan fingerprint density at radius 3 is 2.19 bits per heavy atom. The fourth-order valence-corrected chi connectivity index (χ4v) is 4.61. The zero-order valence-electron chi connectivity index (χ0n) is 18.2. The lowest BCUT2D eigenvalue weighted by Crippen LogP contribution is -2.17. The molecule has 1 amide bonds. The third kappa shape index (κ3) is 4.91. The largest absolute Gasteiger partial charge is 0.494 e. The summed E-state index contributed by atoms with van der Waals surface area (Å²) >= 11 is 0. The molecule has 0 radical (unpaired) electrons. The van der Waals surface area contributed by atoms with Gasteiger partial charge < -0.3 is 14.5 Å². The number of carbonyl (C=O) groups excluding carboxylic acids is 1. The SMILES string of the molecule is CCOc1ccc(NS(=O)(=O)c2cc(NC(=O)c3c(C)oc(C)c3C)ccc2C)cc1. The van der Waals surface area contributed by atoms with Crippen LogP contribution < -0.4 is 14.8 Å². The van der Waals surface area contributed by atoms with Crippen LogP contribution in [-0.4, -0.2) is 20.9 Å². The van der Waals surface area contributed by atoms with Gasteiger partial charge in [-0.25, -0.2) is 8.42 Å². The molecule has 3 rings (SSSR count). The fourth-order valence-electron chi connectivity index (χ4n) is 3.28. The van der Waals surface area contributed by atoms with Crippen molar-refractivity contribution in [2.45, 2.75) is 39.5 Å². The summed E-state index contributed by atoms with van der Waals surface area (Å²) in [5.41, 5.74) is 2.56. The van der Waals surface area contributed by atoms with Crippen LogP contribution in [0.4, 0.5) is 11.4 Å². The highest BCUT2D eigenvalue weighted by atomic mass is 32.2. The van der Waals surface area contributed by atoms with E-state index in [0.717, 1.165) is 5.56 Å². The maximum atomic E-state index is 13.0. The number of carbonyl (C=O) groups is 1. The van der Waals surface area contributed by atoms with Crippen LogP contribution in [0.15, 0.2) is 51.8 Å². The van der Waals surface area contributed by atoms with Crippen LogP contribution in [0.3, 0.4) is 0 Å². The van der Waals surface area contributed by atoms with Gasteiger partial charge in [-0.2, -0.15) is 0 Å². The van der Waals surface area contributed by atoms with Crippen molar-refractivity contribution >= 4 is 27.3 Å². The Kier molecular flexibility index (Phi) is 6.40. The highest BCUT2D eigenvalue weighted by molar-refractivity contribution is 7.92. The molecule has 0 bridgehead atoms. The van der Waals surface area contributed by atoms with Gasteiger partial charge in [0.15, 0.2) is 0 Å². The summed E-state index contributed by atoms with van der Waals surface area (Å²) in [7, 11) is -3.86. The predicted molar refractivity (Wildman–Crippen MR) is 120 cm³/mol. The van der Waals surface area contributed by atoms with Crippen LogP contribution >= 0.6 is 0 Å². The third-order valence-electron chi connectivity index (χ3n) is 4.94. The molecule has 8 heteroatoms. The minimum absolute atomic E-state index is 0.0796. The summed E-state index contributed by atoms with van der Waals surface area (Å²) in [6.07, 6.45) is 0. The number of furan rings is 1. The van der Waals surface area contributed by atoms with Crippen molar-refractivity contribution in [1.29, 1.82) is 0 Å². The molecule has 0 saturated heterocycles. The molecule has 31 heavy (non-hydrogen) atoms. The Balaban J connectivity index is 1.85. The summed E-state index contributed by atoms with van der Waals surface area (Å²) in [5.74, 6) is 1.50. The number of amides is 1.